The molecule has 6 heteroatoms. The first-order valence-corrected chi connectivity index (χ1v) is 18.7. The lowest BCUT2D eigenvalue weighted by atomic mass is 10.0. The summed E-state index contributed by atoms with van der Waals surface area (Å²) in [4.78, 5) is 10.8. The van der Waals surface area contributed by atoms with Gasteiger partial charge in [0.1, 0.15) is 11.5 Å². The summed E-state index contributed by atoms with van der Waals surface area (Å²) in [5, 5.41) is 0. The summed E-state index contributed by atoms with van der Waals surface area (Å²) in [7, 11) is 3.39. The molecule has 7 aromatic rings. The second-order valence-corrected chi connectivity index (χ2v) is 14.6. The fraction of sp³-hybridized carbons (Fsp3) is 0.0435. The molecule has 5 heterocycles. The van der Waals surface area contributed by atoms with Gasteiger partial charge < -0.3 is 9.47 Å². The molecule has 2 aliphatic rings. The van der Waals surface area contributed by atoms with Gasteiger partial charge in [-0.2, -0.15) is 0 Å². The summed E-state index contributed by atoms with van der Waals surface area (Å²) in [5.41, 5.74) is 12.5. The van der Waals surface area contributed by atoms with Crippen LogP contribution in [0.2, 0.25) is 0 Å². The molecule has 0 amide bonds. The number of nitrogens with zero attached hydrogens (tertiary/aromatic N) is 2. The van der Waals surface area contributed by atoms with Gasteiger partial charge in [-0.25, -0.2) is 9.97 Å². The Kier molecular flexibility index (Phi) is 8.31. The zero-order chi connectivity index (χ0) is 35.0. The summed E-state index contributed by atoms with van der Waals surface area (Å²) < 4.78 is 15.6. The summed E-state index contributed by atoms with van der Waals surface area (Å²) in [6, 6.07) is 46.6. The van der Waals surface area contributed by atoms with Crippen LogP contribution in [0.15, 0.2) is 133 Å². The largest absolute Gasteiger partial charge is 0.497 e. The Morgan fingerprint density at radius 1 is 0.346 bits per heavy atom. The van der Waals surface area contributed by atoms with Crippen LogP contribution in [0.4, 0.5) is 0 Å². The lowest BCUT2D eigenvalue weighted by Gasteiger charge is -2.07. The minimum absolute atomic E-state index is 0.814. The van der Waals surface area contributed by atoms with Crippen LogP contribution in [0.25, 0.3) is 87.6 Å². The molecule has 0 atom stereocenters. The van der Waals surface area contributed by atoms with E-state index in [1.54, 1.807) is 36.9 Å². The van der Waals surface area contributed by atoms with Crippen molar-refractivity contribution >= 4 is 65.8 Å². The van der Waals surface area contributed by atoms with Crippen LogP contribution >= 0.6 is 22.7 Å². The number of rotatable bonds is 6. The minimum atomic E-state index is 0.814. The third kappa shape index (κ3) is 5.82. The van der Waals surface area contributed by atoms with Crippen molar-refractivity contribution in [3.63, 3.8) is 0 Å². The smallest absolute Gasteiger partial charge is 0.118 e. The predicted molar refractivity (Wildman–Crippen MR) is 221 cm³/mol. The third-order valence-corrected chi connectivity index (χ3v) is 11.6. The molecule has 0 unspecified atom stereocenters. The van der Waals surface area contributed by atoms with Gasteiger partial charge in [0, 0.05) is 41.1 Å². The molecule has 4 aromatic carbocycles. The first-order chi connectivity index (χ1) is 25.7. The van der Waals surface area contributed by atoms with E-state index in [0.29, 0.717) is 0 Å². The van der Waals surface area contributed by atoms with E-state index in [1.165, 1.54) is 0 Å². The van der Waals surface area contributed by atoms with Crippen LogP contribution in [0.3, 0.4) is 0 Å². The Morgan fingerprint density at radius 3 is 0.923 bits per heavy atom. The maximum atomic E-state index is 5.53. The molecule has 250 valence electrons. The van der Waals surface area contributed by atoms with Crippen LogP contribution in [0, 0.1) is 0 Å². The second kappa shape index (κ2) is 13.6. The van der Waals surface area contributed by atoms with Gasteiger partial charge in [0.2, 0.25) is 0 Å². The Bertz CT molecular complexity index is 2490. The molecule has 0 N–H and O–H groups in total. The van der Waals surface area contributed by atoms with Crippen LogP contribution in [0.5, 0.6) is 11.5 Å². The molecule has 0 aliphatic carbocycles. The van der Waals surface area contributed by atoms with E-state index >= 15 is 0 Å². The number of fused-ring (bicyclic) bond motifs is 8. The highest BCUT2D eigenvalue weighted by atomic mass is 32.1. The van der Waals surface area contributed by atoms with E-state index in [2.05, 4.69) is 133 Å². The average molecular weight is 709 g/mol. The van der Waals surface area contributed by atoms with Crippen molar-refractivity contribution in [1.82, 2.24) is 9.97 Å². The molecule has 3 aromatic heterocycles. The van der Waals surface area contributed by atoms with E-state index in [0.717, 1.165) is 97.6 Å². The van der Waals surface area contributed by atoms with E-state index in [1.807, 2.05) is 24.3 Å². The number of aromatic nitrogens is 2. The third-order valence-electron chi connectivity index (χ3n) is 9.38. The SMILES string of the molecule is COc1ccc(-c2c3nc(c(-c4ccccc4)c4ccc(s4)c(-c4ccccc4)c4nc(c(-c5ccc(OC)cc5)c5ccc2s5)C=C4)C=C3)cc1. The maximum Gasteiger partial charge on any atom is 0.118 e. The highest BCUT2D eigenvalue weighted by Crippen LogP contribution is 2.43. The highest BCUT2D eigenvalue weighted by molar-refractivity contribution is 7.24. The Labute approximate surface area is 310 Å². The Hall–Kier alpha value is -6.08. The minimum Gasteiger partial charge on any atom is -0.497 e. The quantitative estimate of drug-likeness (QED) is 0.172. The van der Waals surface area contributed by atoms with Crippen molar-refractivity contribution in [2.45, 2.75) is 0 Å². The van der Waals surface area contributed by atoms with Crippen molar-refractivity contribution in [2.24, 2.45) is 0 Å². The first-order valence-electron chi connectivity index (χ1n) is 17.0. The lowest BCUT2D eigenvalue weighted by molar-refractivity contribution is 0.415. The first kappa shape index (κ1) is 31.9. The summed E-state index contributed by atoms with van der Waals surface area (Å²) >= 11 is 3.53. The van der Waals surface area contributed by atoms with Gasteiger partial charge >= 0.3 is 0 Å². The molecule has 0 saturated carbocycles. The van der Waals surface area contributed by atoms with Gasteiger partial charge in [-0.05, 0) is 95.1 Å². The van der Waals surface area contributed by atoms with Crippen LogP contribution < -0.4 is 9.47 Å². The summed E-state index contributed by atoms with van der Waals surface area (Å²) in [6.07, 6.45) is 8.64. The maximum absolute atomic E-state index is 5.53. The molecule has 0 saturated heterocycles. The lowest BCUT2D eigenvalue weighted by Crippen LogP contribution is -1.87. The molecule has 8 bridgehead atoms. The molecular weight excluding hydrogens is 677 g/mol. The molecule has 2 aliphatic heterocycles. The van der Waals surface area contributed by atoms with Gasteiger partial charge in [-0.1, -0.05) is 84.9 Å². The van der Waals surface area contributed by atoms with Crippen molar-refractivity contribution in [3.05, 3.63) is 156 Å². The summed E-state index contributed by atoms with van der Waals surface area (Å²) in [6.45, 7) is 0. The Balaban J connectivity index is 1.45. The van der Waals surface area contributed by atoms with Crippen molar-refractivity contribution < 1.29 is 9.47 Å². The van der Waals surface area contributed by atoms with E-state index in [4.69, 9.17) is 19.4 Å². The molecule has 52 heavy (non-hydrogen) atoms. The number of ether oxygens (including phenoxy) is 2. The zero-order valence-electron chi connectivity index (χ0n) is 28.5. The van der Waals surface area contributed by atoms with Crippen molar-refractivity contribution in [1.29, 1.82) is 0 Å². The fourth-order valence-electron chi connectivity index (χ4n) is 6.88. The summed E-state index contributed by atoms with van der Waals surface area (Å²) in [5.74, 6) is 1.63. The topological polar surface area (TPSA) is 44.2 Å². The molecular formula is C46H32N2O2S2. The van der Waals surface area contributed by atoms with Gasteiger partial charge in [0.25, 0.3) is 0 Å². The van der Waals surface area contributed by atoms with Gasteiger partial charge in [0.05, 0.1) is 37.0 Å². The monoisotopic (exact) mass is 708 g/mol. The Morgan fingerprint density at radius 2 is 0.635 bits per heavy atom. The number of benzene rings is 4. The van der Waals surface area contributed by atoms with E-state index < -0.39 is 0 Å². The average Bonchev–Trinajstić information content (AvgIpc) is 4.04. The van der Waals surface area contributed by atoms with E-state index in [-0.39, 0.29) is 0 Å². The number of thiophene rings is 2. The van der Waals surface area contributed by atoms with E-state index in [9.17, 15) is 0 Å². The second-order valence-electron chi connectivity index (χ2n) is 12.4. The normalized spacial score (nSPS) is 11.9. The van der Waals surface area contributed by atoms with Gasteiger partial charge in [-0.15, -0.1) is 22.7 Å². The fourth-order valence-corrected chi connectivity index (χ4v) is 9.20. The highest BCUT2D eigenvalue weighted by Gasteiger charge is 2.19. The standard InChI is InChI=1S/C46H32N2O2S2/c1-49-33-17-13-31(14-18-33)45-37-23-21-35(47-37)43(29-9-5-3-6-10-29)39-25-26-40(51-39)44(30-11-7-4-8-12-30)36-22-24-38(48-36)46(42-28-27-41(45)52-42)32-15-19-34(50-2)20-16-32/h3-28H,1-2H3. The number of methoxy groups -OCH3 is 2. The molecule has 9 rings (SSSR count). The van der Waals surface area contributed by atoms with Crippen molar-refractivity contribution in [2.75, 3.05) is 14.2 Å². The zero-order valence-corrected chi connectivity index (χ0v) is 30.2. The van der Waals surface area contributed by atoms with Gasteiger partial charge in [-0.3, -0.25) is 0 Å². The number of hydrogen-bond donors (Lipinski definition) is 0. The molecule has 0 spiro atoms. The van der Waals surface area contributed by atoms with Gasteiger partial charge in [0.15, 0.2) is 0 Å². The van der Waals surface area contributed by atoms with Crippen LogP contribution in [0.1, 0.15) is 22.8 Å². The molecule has 0 fully saturated rings. The molecule has 4 nitrogen and oxygen atoms in total. The van der Waals surface area contributed by atoms with Crippen LogP contribution in [-0.4, -0.2) is 24.2 Å². The predicted octanol–water partition coefficient (Wildman–Crippen LogP) is 12.8. The number of hydrogen-bond acceptors (Lipinski definition) is 6. The van der Waals surface area contributed by atoms with Crippen molar-refractivity contribution in [3.8, 4) is 56.0 Å². The molecule has 0 radical (unpaired) electrons. The van der Waals surface area contributed by atoms with Crippen LogP contribution in [-0.2, 0) is 0 Å².